The lowest BCUT2D eigenvalue weighted by Gasteiger charge is -2.24. The van der Waals surface area contributed by atoms with Crippen LogP contribution in [0.4, 0.5) is 14.6 Å². The van der Waals surface area contributed by atoms with Crippen molar-refractivity contribution in [1.82, 2.24) is 29.7 Å². The summed E-state index contributed by atoms with van der Waals surface area (Å²) in [7, 11) is 0. The second-order valence-electron chi connectivity index (χ2n) is 9.70. The minimum atomic E-state index is -1.37. The number of carbonyl (C=O) groups is 2. The van der Waals surface area contributed by atoms with Gasteiger partial charge in [-0.05, 0) is 12.1 Å². The van der Waals surface area contributed by atoms with Crippen molar-refractivity contribution in [2.75, 3.05) is 12.3 Å². The highest BCUT2D eigenvalue weighted by molar-refractivity contribution is 6.30. The number of likely N-dealkylation sites (tertiary alicyclic amines) is 1. The van der Waals surface area contributed by atoms with Crippen LogP contribution in [-0.4, -0.2) is 55.0 Å². The second-order valence-corrected chi connectivity index (χ2v) is 10.1. The molecule has 3 aromatic heterocycles. The number of nitrogens with one attached hydrogen (secondary N) is 2. The van der Waals surface area contributed by atoms with Crippen molar-refractivity contribution in [3.05, 3.63) is 77.6 Å². The van der Waals surface area contributed by atoms with Gasteiger partial charge in [-0.2, -0.15) is 0 Å². The summed E-state index contributed by atoms with van der Waals surface area (Å²) in [5, 5.41) is 4.09. The molecule has 0 saturated carbocycles. The van der Waals surface area contributed by atoms with E-state index in [4.69, 9.17) is 17.3 Å². The van der Waals surface area contributed by atoms with E-state index in [0.29, 0.717) is 11.0 Å². The van der Waals surface area contributed by atoms with Gasteiger partial charge in [0.25, 0.3) is 0 Å². The lowest BCUT2D eigenvalue weighted by atomic mass is 10.1. The maximum Gasteiger partial charge on any atom is 0.243 e. The summed E-state index contributed by atoms with van der Waals surface area (Å²) in [4.78, 5) is 39.4. The van der Waals surface area contributed by atoms with Gasteiger partial charge in [0.05, 0.1) is 17.0 Å². The number of nitrogens with zero attached hydrogens (tertiary/aromatic N) is 4. The highest BCUT2D eigenvalue weighted by Crippen LogP contribution is 2.37. The van der Waals surface area contributed by atoms with E-state index in [9.17, 15) is 18.4 Å². The van der Waals surface area contributed by atoms with Gasteiger partial charge in [-0.25, -0.2) is 18.7 Å². The number of para-hydroxylation sites is 1. The Morgan fingerprint density at radius 1 is 1.15 bits per heavy atom. The predicted octanol–water partition coefficient (Wildman–Crippen LogP) is 4.21. The van der Waals surface area contributed by atoms with Crippen LogP contribution in [0.15, 0.2) is 61.2 Å². The molecule has 1 aliphatic rings. The highest BCUT2D eigenvalue weighted by atomic mass is 35.5. The van der Waals surface area contributed by atoms with E-state index in [1.807, 2.05) is 30.5 Å². The van der Waals surface area contributed by atoms with Gasteiger partial charge in [0.15, 0.2) is 0 Å². The quantitative estimate of drug-likeness (QED) is 0.286. The maximum absolute atomic E-state index is 14.5. The zero-order chi connectivity index (χ0) is 28.0. The molecule has 2 atom stereocenters. The van der Waals surface area contributed by atoms with Gasteiger partial charge in [0.2, 0.25) is 11.8 Å². The fourth-order valence-corrected chi connectivity index (χ4v) is 5.49. The first-order valence-electron chi connectivity index (χ1n) is 12.6. The molecule has 2 unspecified atom stereocenters. The molecule has 4 heterocycles. The molecule has 0 aliphatic carbocycles. The van der Waals surface area contributed by atoms with E-state index in [1.165, 1.54) is 23.4 Å². The second kappa shape index (κ2) is 10.2. The summed E-state index contributed by atoms with van der Waals surface area (Å²) in [6.07, 6.45) is 3.41. The van der Waals surface area contributed by atoms with Crippen LogP contribution in [0.3, 0.4) is 0 Å². The third-order valence-electron chi connectivity index (χ3n) is 7.23. The lowest BCUT2D eigenvalue weighted by Crippen LogP contribution is -2.46. The number of benzene rings is 2. The Kier molecular flexibility index (Phi) is 6.59. The van der Waals surface area contributed by atoms with Gasteiger partial charge in [0.1, 0.15) is 42.4 Å². The minimum Gasteiger partial charge on any atom is -0.383 e. The molecule has 0 spiro atoms. The molecule has 0 radical (unpaired) electrons. The Hall–Kier alpha value is -4.51. The Morgan fingerprint density at radius 2 is 1.98 bits per heavy atom. The van der Waals surface area contributed by atoms with Crippen molar-refractivity contribution in [1.29, 1.82) is 0 Å². The van der Waals surface area contributed by atoms with Gasteiger partial charge < -0.3 is 25.5 Å². The van der Waals surface area contributed by atoms with Crippen molar-refractivity contribution in [2.45, 2.75) is 31.7 Å². The van der Waals surface area contributed by atoms with Crippen LogP contribution in [-0.2, 0) is 22.7 Å². The molecule has 4 N–H and O–H groups in total. The maximum atomic E-state index is 14.5. The fraction of sp³-hybridized carbons (Fsp3) is 0.214. The largest absolute Gasteiger partial charge is 0.383 e. The molecule has 1 fully saturated rings. The molecule has 5 aromatic rings. The highest BCUT2D eigenvalue weighted by Gasteiger charge is 2.40. The van der Waals surface area contributed by atoms with E-state index in [2.05, 4.69) is 20.3 Å². The van der Waals surface area contributed by atoms with E-state index in [1.54, 1.807) is 16.8 Å². The number of aromatic nitrogens is 4. The molecule has 2 amide bonds. The number of alkyl halides is 1. The van der Waals surface area contributed by atoms with Crippen LogP contribution in [0.1, 0.15) is 12.0 Å². The number of nitrogen functional groups attached to an aromatic ring is 1. The number of hydrogen-bond acceptors (Lipinski definition) is 5. The fourth-order valence-electron chi connectivity index (χ4n) is 5.30. The van der Waals surface area contributed by atoms with E-state index >= 15 is 0 Å². The summed E-state index contributed by atoms with van der Waals surface area (Å²) in [5.41, 5.74) is 9.41. The SMILES string of the molecule is Nc1ncnc2c1c(-c1c[nH]c3ccccc13)cn2CC(=O)N1CC(F)CC1C(=O)NCc1cccc(Cl)c1F. The standard InChI is InChI=1S/C28H24ClF2N7O2/c29-20-6-3-4-15(25(20)31)9-34-28(40)22-8-16(30)11-38(22)23(39)13-37-12-19(24-26(32)35-14-36-27(24)37)18-10-33-21-7-2-1-5-17(18)21/h1-7,10,12,14,16,22,33H,8-9,11,13H2,(H,34,40)(H2,32,35,36). The average molecular weight is 564 g/mol. The molecule has 12 heteroatoms. The number of halogens is 3. The number of amides is 2. The normalized spacial score (nSPS) is 17.1. The van der Waals surface area contributed by atoms with Crippen molar-refractivity contribution >= 4 is 51.2 Å². The first kappa shape index (κ1) is 25.8. The lowest BCUT2D eigenvalue weighted by molar-refractivity contribution is -0.139. The summed E-state index contributed by atoms with van der Waals surface area (Å²) < 4.78 is 30.4. The predicted molar refractivity (Wildman–Crippen MR) is 148 cm³/mol. The Balaban J connectivity index is 1.27. The number of aromatic amines is 1. The molecular weight excluding hydrogens is 540 g/mol. The first-order chi connectivity index (χ1) is 19.3. The van der Waals surface area contributed by atoms with Crippen LogP contribution in [0.2, 0.25) is 5.02 Å². The number of hydrogen-bond donors (Lipinski definition) is 3. The van der Waals surface area contributed by atoms with Crippen LogP contribution >= 0.6 is 11.6 Å². The summed E-state index contributed by atoms with van der Waals surface area (Å²) in [6, 6.07) is 11.2. The Labute approximate surface area is 231 Å². The number of H-pyrrole nitrogens is 1. The van der Waals surface area contributed by atoms with Crippen LogP contribution in [0.5, 0.6) is 0 Å². The monoisotopic (exact) mass is 563 g/mol. The zero-order valence-corrected chi connectivity index (χ0v) is 21.8. The number of carbonyl (C=O) groups excluding carboxylic acids is 2. The van der Waals surface area contributed by atoms with Crippen LogP contribution < -0.4 is 11.1 Å². The number of rotatable bonds is 6. The molecule has 204 valence electrons. The summed E-state index contributed by atoms with van der Waals surface area (Å²) in [6.45, 7) is -0.573. The molecular formula is C28H24ClF2N7O2. The third kappa shape index (κ3) is 4.51. The molecule has 40 heavy (non-hydrogen) atoms. The molecule has 6 rings (SSSR count). The van der Waals surface area contributed by atoms with Gasteiger partial charge in [0, 0.05) is 53.0 Å². The van der Waals surface area contributed by atoms with Crippen molar-refractivity contribution in [3.63, 3.8) is 0 Å². The van der Waals surface area contributed by atoms with Crippen LogP contribution in [0.25, 0.3) is 33.1 Å². The molecule has 1 saturated heterocycles. The molecule has 1 aliphatic heterocycles. The van der Waals surface area contributed by atoms with E-state index < -0.39 is 29.8 Å². The first-order valence-corrected chi connectivity index (χ1v) is 13.0. The average Bonchev–Trinajstić information content (AvgIpc) is 3.65. The van der Waals surface area contributed by atoms with Gasteiger partial charge in [-0.3, -0.25) is 9.59 Å². The third-order valence-corrected chi connectivity index (χ3v) is 7.52. The Bertz CT molecular complexity index is 1770. The van der Waals surface area contributed by atoms with Crippen molar-refractivity contribution in [2.24, 2.45) is 0 Å². The zero-order valence-electron chi connectivity index (χ0n) is 21.1. The number of nitrogens with two attached hydrogens (primary N) is 1. The minimum absolute atomic E-state index is 0.0661. The molecule has 9 nitrogen and oxygen atoms in total. The van der Waals surface area contributed by atoms with Crippen LogP contribution in [0, 0.1) is 5.82 Å². The number of fused-ring (bicyclic) bond motifs is 2. The van der Waals surface area contributed by atoms with Gasteiger partial charge in [-0.15, -0.1) is 0 Å². The van der Waals surface area contributed by atoms with Crippen molar-refractivity contribution in [3.8, 4) is 11.1 Å². The summed E-state index contributed by atoms with van der Waals surface area (Å²) in [5.74, 6) is -1.42. The van der Waals surface area contributed by atoms with Gasteiger partial charge in [-0.1, -0.05) is 41.9 Å². The molecule has 2 aromatic carbocycles. The van der Waals surface area contributed by atoms with E-state index in [-0.39, 0.29) is 42.5 Å². The van der Waals surface area contributed by atoms with Crippen molar-refractivity contribution < 1.29 is 18.4 Å². The number of anilines is 1. The Morgan fingerprint density at radius 3 is 2.83 bits per heavy atom. The topological polar surface area (TPSA) is 122 Å². The van der Waals surface area contributed by atoms with Gasteiger partial charge >= 0.3 is 0 Å². The van der Waals surface area contributed by atoms with E-state index in [0.717, 1.165) is 22.0 Å². The molecule has 0 bridgehead atoms. The smallest absolute Gasteiger partial charge is 0.243 e. The summed E-state index contributed by atoms with van der Waals surface area (Å²) >= 11 is 5.82.